The van der Waals surface area contributed by atoms with Crippen LogP contribution in [0.3, 0.4) is 0 Å². The number of nitrogens with one attached hydrogen (secondary N) is 1. The maximum Gasteiger partial charge on any atom is 0.168 e. The Morgan fingerprint density at radius 1 is 1.62 bits per heavy atom. The third-order valence-corrected chi connectivity index (χ3v) is 2.23. The van der Waals surface area contributed by atoms with Crippen molar-refractivity contribution in [3.8, 4) is 0 Å². The van der Waals surface area contributed by atoms with Gasteiger partial charge in [0.15, 0.2) is 5.11 Å². The number of thiocarbonyl (C=S) groups is 1. The third kappa shape index (κ3) is 2.63. The Hall–Kier alpha value is -0.680. The van der Waals surface area contributed by atoms with Crippen molar-refractivity contribution in [2.24, 2.45) is 5.73 Å². The molecule has 0 atom stereocenters. The number of rotatable bonds is 1. The van der Waals surface area contributed by atoms with Gasteiger partial charge >= 0.3 is 0 Å². The summed E-state index contributed by atoms with van der Waals surface area (Å²) in [4.78, 5) is 0. The number of halogens is 2. The van der Waals surface area contributed by atoms with Crippen LogP contribution >= 0.6 is 28.1 Å². The van der Waals surface area contributed by atoms with E-state index in [9.17, 15) is 4.39 Å². The van der Waals surface area contributed by atoms with Crippen molar-refractivity contribution < 1.29 is 4.39 Å². The molecule has 3 N–H and O–H groups in total. The first kappa shape index (κ1) is 10.4. The second-order valence-electron chi connectivity index (χ2n) is 2.57. The summed E-state index contributed by atoms with van der Waals surface area (Å²) in [6, 6.07) is 3.01. The van der Waals surface area contributed by atoms with Gasteiger partial charge in [0.1, 0.15) is 5.82 Å². The van der Waals surface area contributed by atoms with Crippen LogP contribution in [-0.4, -0.2) is 5.11 Å². The molecule has 0 fully saturated rings. The topological polar surface area (TPSA) is 38.0 Å². The van der Waals surface area contributed by atoms with E-state index in [0.717, 1.165) is 5.56 Å². The van der Waals surface area contributed by atoms with Gasteiger partial charge in [-0.1, -0.05) is 0 Å². The molecular weight excluding hydrogens is 255 g/mol. The second kappa shape index (κ2) is 4.02. The van der Waals surface area contributed by atoms with Crippen LogP contribution in [0.15, 0.2) is 16.6 Å². The molecule has 0 aliphatic carbocycles. The molecule has 70 valence electrons. The van der Waals surface area contributed by atoms with E-state index >= 15 is 0 Å². The second-order valence-corrected chi connectivity index (χ2v) is 3.86. The predicted octanol–water partition coefficient (Wildman–Crippen LogP) is 2.55. The molecule has 0 bridgehead atoms. The Balaban J connectivity index is 3.08. The maximum atomic E-state index is 13.0. The fourth-order valence-corrected chi connectivity index (χ4v) is 1.48. The van der Waals surface area contributed by atoms with E-state index in [4.69, 9.17) is 5.73 Å². The first-order chi connectivity index (χ1) is 6.00. The van der Waals surface area contributed by atoms with Gasteiger partial charge in [-0.25, -0.2) is 4.39 Å². The van der Waals surface area contributed by atoms with Gasteiger partial charge in [-0.3, -0.25) is 0 Å². The van der Waals surface area contributed by atoms with E-state index in [1.807, 2.05) is 6.92 Å². The first-order valence-electron chi connectivity index (χ1n) is 3.53. The molecule has 0 amide bonds. The predicted molar refractivity (Wildman–Crippen MR) is 59.2 cm³/mol. The van der Waals surface area contributed by atoms with Crippen molar-refractivity contribution in [2.45, 2.75) is 6.92 Å². The highest BCUT2D eigenvalue weighted by molar-refractivity contribution is 9.10. The molecular formula is C8H8BrFN2S. The van der Waals surface area contributed by atoms with Gasteiger partial charge in [0, 0.05) is 5.69 Å². The van der Waals surface area contributed by atoms with Gasteiger partial charge in [0.25, 0.3) is 0 Å². The lowest BCUT2D eigenvalue weighted by Gasteiger charge is -2.08. The molecule has 1 rings (SSSR count). The lowest BCUT2D eigenvalue weighted by molar-refractivity contribution is 0.621. The summed E-state index contributed by atoms with van der Waals surface area (Å²) in [7, 11) is 0. The normalized spacial score (nSPS) is 9.77. The monoisotopic (exact) mass is 262 g/mol. The summed E-state index contributed by atoms with van der Waals surface area (Å²) in [6.45, 7) is 1.84. The average Bonchev–Trinajstić information content (AvgIpc) is 1.99. The van der Waals surface area contributed by atoms with Crippen LogP contribution in [0.1, 0.15) is 5.56 Å². The molecule has 0 radical (unpaired) electrons. The Morgan fingerprint density at radius 3 is 2.77 bits per heavy atom. The zero-order valence-electron chi connectivity index (χ0n) is 6.90. The Morgan fingerprint density at radius 2 is 2.23 bits per heavy atom. The van der Waals surface area contributed by atoms with Crippen molar-refractivity contribution >= 4 is 38.9 Å². The van der Waals surface area contributed by atoms with Crippen LogP contribution in [0.5, 0.6) is 0 Å². The minimum Gasteiger partial charge on any atom is -0.376 e. The molecule has 0 heterocycles. The Kier molecular flexibility index (Phi) is 3.22. The molecule has 5 heteroatoms. The minimum atomic E-state index is -0.343. The summed E-state index contributed by atoms with van der Waals surface area (Å²) in [5.74, 6) is -0.343. The molecule has 0 unspecified atom stereocenters. The van der Waals surface area contributed by atoms with Crippen molar-refractivity contribution in [1.82, 2.24) is 0 Å². The van der Waals surface area contributed by atoms with Crippen LogP contribution < -0.4 is 11.1 Å². The molecule has 2 nitrogen and oxygen atoms in total. The van der Waals surface area contributed by atoms with Crippen LogP contribution in [0.4, 0.5) is 10.1 Å². The smallest absolute Gasteiger partial charge is 0.168 e. The maximum absolute atomic E-state index is 13.0. The largest absolute Gasteiger partial charge is 0.376 e. The summed E-state index contributed by atoms with van der Waals surface area (Å²) in [5, 5.41) is 2.82. The van der Waals surface area contributed by atoms with E-state index in [0.29, 0.717) is 10.2 Å². The zero-order valence-corrected chi connectivity index (χ0v) is 9.30. The van der Waals surface area contributed by atoms with Crippen LogP contribution in [0.2, 0.25) is 0 Å². The molecule has 0 spiro atoms. The Bertz CT molecular complexity index is 354. The summed E-state index contributed by atoms with van der Waals surface area (Å²) in [5.41, 5.74) is 6.73. The van der Waals surface area contributed by atoms with Crippen molar-refractivity contribution in [1.29, 1.82) is 0 Å². The van der Waals surface area contributed by atoms with E-state index in [-0.39, 0.29) is 10.9 Å². The highest BCUT2D eigenvalue weighted by atomic mass is 79.9. The van der Waals surface area contributed by atoms with E-state index in [1.165, 1.54) is 6.07 Å². The standard InChI is InChI=1S/C8H8BrFN2S/c1-4-2-5(9)6(10)3-7(4)12-8(11)13/h2-3H,1H3,(H3,11,12,13). The van der Waals surface area contributed by atoms with Gasteiger partial charge in [-0.05, 0) is 52.8 Å². The molecule has 0 aromatic heterocycles. The molecule has 0 aliphatic heterocycles. The number of hydrogen-bond acceptors (Lipinski definition) is 1. The SMILES string of the molecule is Cc1cc(Br)c(F)cc1NC(N)=S. The molecule has 13 heavy (non-hydrogen) atoms. The number of aryl methyl sites for hydroxylation is 1. The number of benzene rings is 1. The third-order valence-electron chi connectivity index (χ3n) is 1.53. The lowest BCUT2D eigenvalue weighted by Crippen LogP contribution is -2.19. The van der Waals surface area contributed by atoms with Gasteiger partial charge in [0.2, 0.25) is 0 Å². The van der Waals surface area contributed by atoms with E-state index in [1.54, 1.807) is 6.07 Å². The molecule has 0 saturated heterocycles. The van der Waals surface area contributed by atoms with Gasteiger partial charge < -0.3 is 11.1 Å². The highest BCUT2D eigenvalue weighted by Crippen LogP contribution is 2.23. The number of anilines is 1. The van der Waals surface area contributed by atoms with Crippen molar-refractivity contribution in [2.75, 3.05) is 5.32 Å². The van der Waals surface area contributed by atoms with Crippen molar-refractivity contribution in [3.63, 3.8) is 0 Å². The van der Waals surface area contributed by atoms with Crippen LogP contribution in [-0.2, 0) is 0 Å². The van der Waals surface area contributed by atoms with Gasteiger partial charge in [-0.2, -0.15) is 0 Å². The molecule has 0 saturated carbocycles. The molecule has 0 aliphatic rings. The fourth-order valence-electron chi connectivity index (χ4n) is 0.914. The van der Waals surface area contributed by atoms with Gasteiger partial charge in [-0.15, -0.1) is 0 Å². The Labute approximate surface area is 89.4 Å². The fraction of sp³-hybridized carbons (Fsp3) is 0.125. The number of hydrogen-bond donors (Lipinski definition) is 2. The van der Waals surface area contributed by atoms with Crippen LogP contribution in [0.25, 0.3) is 0 Å². The van der Waals surface area contributed by atoms with Gasteiger partial charge in [0.05, 0.1) is 4.47 Å². The van der Waals surface area contributed by atoms with Crippen LogP contribution in [0, 0.1) is 12.7 Å². The van der Waals surface area contributed by atoms with Crippen molar-refractivity contribution in [3.05, 3.63) is 28.0 Å². The first-order valence-corrected chi connectivity index (χ1v) is 4.73. The average molecular weight is 263 g/mol. The molecule has 1 aromatic carbocycles. The van der Waals surface area contributed by atoms with E-state index in [2.05, 4.69) is 33.5 Å². The summed E-state index contributed by atoms with van der Waals surface area (Å²) < 4.78 is 13.5. The molecule has 1 aromatic rings. The zero-order chi connectivity index (χ0) is 10.0. The highest BCUT2D eigenvalue weighted by Gasteiger charge is 2.04. The number of nitrogens with two attached hydrogens (primary N) is 1. The minimum absolute atomic E-state index is 0.129. The summed E-state index contributed by atoms with van der Waals surface area (Å²) >= 11 is 7.73. The van der Waals surface area contributed by atoms with E-state index < -0.39 is 0 Å². The quantitative estimate of drug-likeness (QED) is 0.765. The lowest BCUT2D eigenvalue weighted by atomic mass is 10.2. The summed E-state index contributed by atoms with van der Waals surface area (Å²) in [6.07, 6.45) is 0.